The van der Waals surface area contributed by atoms with Gasteiger partial charge in [0.25, 0.3) is 0 Å². The van der Waals surface area contributed by atoms with E-state index < -0.39 is 0 Å². The standard InChI is InChI=1S/C23H19N3O3/c1-27-20-11-18(12-21(28-2)22(20)29-3)25-23-17(13-24)9-16-8-14-6-4-5-7-15(14)10-19(16)26-23/h4-12H,1-3H3,(H,25,26). The van der Waals surface area contributed by atoms with Crippen LogP contribution in [0.5, 0.6) is 17.2 Å². The SMILES string of the molecule is COc1cc(Nc2nc3cc4ccccc4cc3cc2C#N)cc(OC)c1OC. The Kier molecular flexibility index (Phi) is 4.80. The molecule has 0 spiro atoms. The molecule has 3 aromatic carbocycles. The highest BCUT2D eigenvalue weighted by atomic mass is 16.5. The fourth-order valence-corrected chi connectivity index (χ4v) is 3.33. The molecule has 0 atom stereocenters. The fourth-order valence-electron chi connectivity index (χ4n) is 3.33. The first-order valence-electron chi connectivity index (χ1n) is 8.97. The second-order valence-corrected chi connectivity index (χ2v) is 6.43. The van der Waals surface area contributed by atoms with Gasteiger partial charge in [0, 0.05) is 23.2 Å². The van der Waals surface area contributed by atoms with Crippen molar-refractivity contribution in [2.75, 3.05) is 26.6 Å². The number of nitrogens with one attached hydrogen (secondary N) is 1. The molecule has 6 nitrogen and oxygen atoms in total. The third-order valence-electron chi connectivity index (χ3n) is 4.73. The van der Waals surface area contributed by atoms with Gasteiger partial charge in [-0.1, -0.05) is 24.3 Å². The summed E-state index contributed by atoms with van der Waals surface area (Å²) in [4.78, 5) is 4.70. The molecule has 1 N–H and O–H groups in total. The molecule has 1 heterocycles. The Labute approximate surface area is 168 Å². The van der Waals surface area contributed by atoms with Crippen LogP contribution in [0.25, 0.3) is 21.7 Å². The van der Waals surface area contributed by atoms with Crippen molar-refractivity contribution in [1.82, 2.24) is 4.98 Å². The number of fused-ring (bicyclic) bond motifs is 2. The summed E-state index contributed by atoms with van der Waals surface area (Å²) < 4.78 is 16.2. The van der Waals surface area contributed by atoms with Crippen LogP contribution in [-0.2, 0) is 0 Å². The lowest BCUT2D eigenvalue weighted by Gasteiger charge is -2.15. The third-order valence-corrected chi connectivity index (χ3v) is 4.73. The lowest BCUT2D eigenvalue weighted by atomic mass is 10.1. The molecule has 4 rings (SSSR count). The summed E-state index contributed by atoms with van der Waals surface area (Å²) in [5.74, 6) is 1.99. The zero-order valence-electron chi connectivity index (χ0n) is 16.3. The molecule has 0 fully saturated rings. The summed E-state index contributed by atoms with van der Waals surface area (Å²) >= 11 is 0. The van der Waals surface area contributed by atoms with Crippen molar-refractivity contribution in [2.24, 2.45) is 0 Å². The highest BCUT2D eigenvalue weighted by Gasteiger charge is 2.15. The van der Waals surface area contributed by atoms with E-state index in [1.807, 2.05) is 42.5 Å². The summed E-state index contributed by atoms with van der Waals surface area (Å²) in [7, 11) is 4.67. The minimum absolute atomic E-state index is 0.446. The van der Waals surface area contributed by atoms with Crippen LogP contribution in [0.1, 0.15) is 5.56 Å². The summed E-state index contributed by atoms with van der Waals surface area (Å²) in [5, 5.41) is 16.0. The minimum Gasteiger partial charge on any atom is -0.493 e. The van der Waals surface area contributed by atoms with Gasteiger partial charge in [-0.3, -0.25) is 0 Å². The zero-order valence-corrected chi connectivity index (χ0v) is 16.3. The number of nitrogens with zero attached hydrogens (tertiary/aromatic N) is 2. The van der Waals surface area contributed by atoms with Crippen molar-refractivity contribution in [3.63, 3.8) is 0 Å². The largest absolute Gasteiger partial charge is 0.493 e. The lowest BCUT2D eigenvalue weighted by Crippen LogP contribution is -2.00. The summed E-state index contributed by atoms with van der Waals surface area (Å²) in [5.41, 5.74) is 1.92. The van der Waals surface area contributed by atoms with Gasteiger partial charge in [0.1, 0.15) is 11.9 Å². The van der Waals surface area contributed by atoms with E-state index >= 15 is 0 Å². The highest BCUT2D eigenvalue weighted by Crippen LogP contribution is 2.40. The second-order valence-electron chi connectivity index (χ2n) is 6.43. The molecule has 6 heteroatoms. The van der Waals surface area contributed by atoms with Crippen LogP contribution in [0.4, 0.5) is 11.5 Å². The molecule has 0 saturated carbocycles. The quantitative estimate of drug-likeness (QED) is 0.486. The van der Waals surface area contributed by atoms with Gasteiger partial charge in [0.2, 0.25) is 5.75 Å². The van der Waals surface area contributed by atoms with Crippen molar-refractivity contribution in [3.8, 4) is 23.3 Å². The predicted octanol–water partition coefficient (Wildman–Crippen LogP) is 5.03. The molecule has 0 aliphatic heterocycles. The number of pyridine rings is 1. The molecule has 0 aliphatic carbocycles. The van der Waals surface area contributed by atoms with Crippen LogP contribution < -0.4 is 19.5 Å². The first-order valence-corrected chi connectivity index (χ1v) is 8.97. The average Bonchev–Trinajstić information content (AvgIpc) is 2.76. The van der Waals surface area contributed by atoms with Gasteiger partial charge in [0.05, 0.1) is 32.4 Å². The minimum atomic E-state index is 0.446. The molecular weight excluding hydrogens is 366 g/mol. The fraction of sp³-hybridized carbons (Fsp3) is 0.130. The van der Waals surface area contributed by atoms with E-state index in [0.29, 0.717) is 34.3 Å². The Morgan fingerprint density at radius 1 is 0.828 bits per heavy atom. The van der Waals surface area contributed by atoms with Crippen LogP contribution in [0.2, 0.25) is 0 Å². The first-order chi connectivity index (χ1) is 14.2. The third kappa shape index (κ3) is 3.34. The number of anilines is 2. The molecule has 29 heavy (non-hydrogen) atoms. The maximum Gasteiger partial charge on any atom is 0.203 e. The predicted molar refractivity (Wildman–Crippen MR) is 113 cm³/mol. The van der Waals surface area contributed by atoms with Crippen LogP contribution in [0.3, 0.4) is 0 Å². The molecule has 0 saturated heterocycles. The molecule has 1 aromatic heterocycles. The Morgan fingerprint density at radius 2 is 1.48 bits per heavy atom. The lowest BCUT2D eigenvalue weighted by molar-refractivity contribution is 0.324. The molecule has 4 aromatic rings. The van der Waals surface area contributed by atoms with Crippen LogP contribution in [0.15, 0.2) is 54.6 Å². The highest BCUT2D eigenvalue weighted by molar-refractivity contribution is 5.97. The molecule has 144 valence electrons. The van der Waals surface area contributed by atoms with E-state index in [1.54, 1.807) is 33.5 Å². The average molecular weight is 385 g/mol. The number of aromatic nitrogens is 1. The van der Waals surface area contributed by atoms with Gasteiger partial charge in [-0.15, -0.1) is 0 Å². The normalized spacial score (nSPS) is 10.6. The van der Waals surface area contributed by atoms with E-state index in [2.05, 4.69) is 11.4 Å². The van der Waals surface area contributed by atoms with E-state index in [0.717, 1.165) is 21.7 Å². The maximum atomic E-state index is 9.65. The topological polar surface area (TPSA) is 76.4 Å². The monoisotopic (exact) mass is 385 g/mol. The summed E-state index contributed by atoms with van der Waals surface area (Å²) in [6, 6.07) is 19.7. The summed E-state index contributed by atoms with van der Waals surface area (Å²) in [6.45, 7) is 0. The Balaban J connectivity index is 1.83. The molecule has 0 amide bonds. The van der Waals surface area contributed by atoms with Crippen LogP contribution >= 0.6 is 0 Å². The van der Waals surface area contributed by atoms with E-state index in [4.69, 9.17) is 19.2 Å². The Hall–Kier alpha value is -3.98. The van der Waals surface area contributed by atoms with Crippen molar-refractivity contribution >= 4 is 33.2 Å². The van der Waals surface area contributed by atoms with Gasteiger partial charge in [-0.25, -0.2) is 4.98 Å². The second kappa shape index (κ2) is 7.56. The number of rotatable bonds is 5. The Bertz CT molecular complexity index is 1240. The number of hydrogen-bond donors (Lipinski definition) is 1. The molecule has 0 radical (unpaired) electrons. The number of benzene rings is 3. The van der Waals surface area contributed by atoms with Gasteiger partial charge < -0.3 is 19.5 Å². The number of methoxy groups -OCH3 is 3. The summed E-state index contributed by atoms with van der Waals surface area (Å²) in [6.07, 6.45) is 0. The van der Waals surface area contributed by atoms with Crippen LogP contribution in [-0.4, -0.2) is 26.3 Å². The smallest absolute Gasteiger partial charge is 0.203 e. The van der Waals surface area contributed by atoms with Crippen LogP contribution in [0, 0.1) is 11.3 Å². The maximum absolute atomic E-state index is 9.65. The van der Waals surface area contributed by atoms with Crippen molar-refractivity contribution in [1.29, 1.82) is 5.26 Å². The van der Waals surface area contributed by atoms with Crippen molar-refractivity contribution in [2.45, 2.75) is 0 Å². The van der Waals surface area contributed by atoms with Gasteiger partial charge in [-0.2, -0.15) is 5.26 Å². The molecule has 0 unspecified atom stereocenters. The molecule has 0 aliphatic rings. The van der Waals surface area contributed by atoms with E-state index in [9.17, 15) is 5.26 Å². The number of nitriles is 1. The van der Waals surface area contributed by atoms with Gasteiger partial charge in [-0.05, 0) is 29.0 Å². The molecule has 0 bridgehead atoms. The van der Waals surface area contributed by atoms with Crippen molar-refractivity contribution in [3.05, 3.63) is 60.2 Å². The zero-order chi connectivity index (χ0) is 20.4. The molecular formula is C23H19N3O3. The van der Waals surface area contributed by atoms with E-state index in [1.165, 1.54) is 0 Å². The van der Waals surface area contributed by atoms with Crippen molar-refractivity contribution < 1.29 is 14.2 Å². The first kappa shape index (κ1) is 18.4. The number of hydrogen-bond acceptors (Lipinski definition) is 6. The Morgan fingerprint density at radius 3 is 2.07 bits per heavy atom. The van der Waals surface area contributed by atoms with E-state index in [-0.39, 0.29) is 0 Å². The number of ether oxygens (including phenoxy) is 3. The van der Waals surface area contributed by atoms with Gasteiger partial charge >= 0.3 is 0 Å². The van der Waals surface area contributed by atoms with Gasteiger partial charge in [0.15, 0.2) is 11.5 Å².